The van der Waals surface area contributed by atoms with E-state index in [4.69, 9.17) is 14.7 Å². The molecular formula is C21H19N3O2. The van der Waals surface area contributed by atoms with Crippen LogP contribution in [0.25, 0.3) is 0 Å². The van der Waals surface area contributed by atoms with E-state index in [9.17, 15) is 0 Å². The van der Waals surface area contributed by atoms with Gasteiger partial charge < -0.3 is 14.8 Å². The third kappa shape index (κ3) is 4.52. The van der Waals surface area contributed by atoms with Crippen LogP contribution in [0.2, 0.25) is 0 Å². The molecular weight excluding hydrogens is 326 g/mol. The number of nitrogens with zero attached hydrogens (tertiary/aromatic N) is 2. The topological polar surface area (TPSA) is 67.2 Å². The van der Waals surface area contributed by atoms with Crippen LogP contribution < -0.4 is 14.8 Å². The first-order valence-corrected chi connectivity index (χ1v) is 8.22. The number of hydrogen-bond acceptors (Lipinski definition) is 5. The Kier molecular flexibility index (Phi) is 5.69. The molecule has 0 amide bonds. The minimum atomic E-state index is 0.490. The molecule has 0 radical (unpaired) electrons. The molecule has 0 unspecified atom stereocenters. The normalized spacial score (nSPS) is 10.0. The van der Waals surface area contributed by atoms with Crippen molar-refractivity contribution in [2.24, 2.45) is 0 Å². The molecule has 2 aromatic carbocycles. The van der Waals surface area contributed by atoms with Gasteiger partial charge in [0, 0.05) is 12.7 Å². The number of ether oxygens (including phenoxy) is 2. The molecule has 1 aromatic heterocycles. The van der Waals surface area contributed by atoms with Gasteiger partial charge in [-0.15, -0.1) is 0 Å². The lowest BCUT2D eigenvalue weighted by atomic mass is 10.2. The summed E-state index contributed by atoms with van der Waals surface area (Å²) < 4.78 is 11.3. The predicted molar refractivity (Wildman–Crippen MR) is 100 cm³/mol. The number of benzene rings is 2. The Bertz CT molecular complexity index is 887. The van der Waals surface area contributed by atoms with Gasteiger partial charge in [-0.25, -0.2) is 4.98 Å². The zero-order chi connectivity index (χ0) is 18.2. The summed E-state index contributed by atoms with van der Waals surface area (Å²) in [6.45, 7) is 1.08. The molecule has 0 aliphatic rings. The molecule has 1 heterocycles. The van der Waals surface area contributed by atoms with Crippen molar-refractivity contribution in [2.45, 2.75) is 13.2 Å². The van der Waals surface area contributed by atoms with Gasteiger partial charge in [0.2, 0.25) is 0 Å². The molecule has 0 aliphatic carbocycles. The molecule has 3 rings (SSSR count). The summed E-state index contributed by atoms with van der Waals surface area (Å²) in [6, 6.07) is 21.4. The highest BCUT2D eigenvalue weighted by Gasteiger charge is 2.07. The molecule has 1 N–H and O–H groups in total. The van der Waals surface area contributed by atoms with E-state index in [-0.39, 0.29) is 0 Å². The van der Waals surface area contributed by atoms with E-state index < -0.39 is 0 Å². The average molecular weight is 345 g/mol. The highest BCUT2D eigenvalue weighted by Crippen LogP contribution is 2.29. The van der Waals surface area contributed by atoms with Gasteiger partial charge in [-0.2, -0.15) is 5.26 Å². The minimum absolute atomic E-state index is 0.490. The van der Waals surface area contributed by atoms with Gasteiger partial charge in [0.05, 0.1) is 12.7 Å². The van der Waals surface area contributed by atoms with Crippen molar-refractivity contribution >= 4 is 5.82 Å². The Labute approximate surface area is 152 Å². The van der Waals surface area contributed by atoms with Crippen LogP contribution in [-0.2, 0) is 13.2 Å². The highest BCUT2D eigenvalue weighted by atomic mass is 16.5. The maximum absolute atomic E-state index is 8.80. The van der Waals surface area contributed by atoms with Crippen molar-refractivity contribution in [1.82, 2.24) is 4.98 Å². The Morgan fingerprint density at radius 3 is 2.54 bits per heavy atom. The number of methoxy groups -OCH3 is 1. The fourth-order valence-corrected chi connectivity index (χ4v) is 2.43. The van der Waals surface area contributed by atoms with Gasteiger partial charge >= 0.3 is 0 Å². The lowest BCUT2D eigenvalue weighted by Crippen LogP contribution is -2.03. The van der Waals surface area contributed by atoms with E-state index in [0.29, 0.717) is 36.0 Å². The number of hydrogen-bond donors (Lipinski definition) is 1. The van der Waals surface area contributed by atoms with Crippen molar-refractivity contribution in [3.8, 4) is 17.6 Å². The summed E-state index contributed by atoms with van der Waals surface area (Å²) in [6.07, 6.45) is 1.55. The van der Waals surface area contributed by atoms with E-state index in [0.717, 1.165) is 11.1 Å². The van der Waals surface area contributed by atoms with Crippen LogP contribution in [0.4, 0.5) is 5.82 Å². The van der Waals surface area contributed by atoms with Gasteiger partial charge in [0.25, 0.3) is 0 Å². The smallest absolute Gasteiger partial charge is 0.161 e. The number of nitrogens with one attached hydrogen (secondary N) is 1. The van der Waals surface area contributed by atoms with E-state index in [1.165, 1.54) is 0 Å². The van der Waals surface area contributed by atoms with Crippen LogP contribution in [0.15, 0.2) is 66.9 Å². The average Bonchev–Trinajstić information content (AvgIpc) is 2.72. The Hall–Kier alpha value is -3.52. The lowest BCUT2D eigenvalue weighted by molar-refractivity contribution is 0.284. The first-order valence-electron chi connectivity index (χ1n) is 8.22. The fourth-order valence-electron chi connectivity index (χ4n) is 2.43. The predicted octanol–water partition coefficient (Wildman–Crippen LogP) is 4.15. The first kappa shape index (κ1) is 17.3. The molecule has 0 spiro atoms. The van der Waals surface area contributed by atoms with Crippen molar-refractivity contribution in [3.05, 3.63) is 83.6 Å². The number of pyridine rings is 1. The molecule has 0 aliphatic heterocycles. The third-order valence-electron chi connectivity index (χ3n) is 3.83. The molecule has 3 aromatic rings. The quantitative estimate of drug-likeness (QED) is 0.697. The largest absolute Gasteiger partial charge is 0.493 e. The monoisotopic (exact) mass is 345 g/mol. The number of nitriles is 1. The lowest BCUT2D eigenvalue weighted by Gasteiger charge is -2.13. The van der Waals surface area contributed by atoms with Crippen LogP contribution in [-0.4, -0.2) is 12.1 Å². The second-order valence-electron chi connectivity index (χ2n) is 5.66. The van der Waals surface area contributed by atoms with Gasteiger partial charge in [0.15, 0.2) is 11.5 Å². The molecule has 26 heavy (non-hydrogen) atoms. The summed E-state index contributed by atoms with van der Waals surface area (Å²) in [5.74, 6) is 2.11. The summed E-state index contributed by atoms with van der Waals surface area (Å²) in [5, 5.41) is 12.0. The zero-order valence-corrected chi connectivity index (χ0v) is 14.5. The molecule has 5 nitrogen and oxygen atoms in total. The van der Waals surface area contributed by atoms with Gasteiger partial charge in [-0.1, -0.05) is 36.4 Å². The fraction of sp³-hybridized carbons (Fsp3) is 0.143. The molecule has 0 atom stereocenters. The van der Waals surface area contributed by atoms with E-state index in [1.54, 1.807) is 25.4 Å². The summed E-state index contributed by atoms with van der Waals surface area (Å²) in [5.41, 5.74) is 2.68. The number of rotatable bonds is 7. The standard InChI is InChI=1S/C21H19N3O2/c1-25-20-11-17(13-23-21-10-8-18(12-22)14-24-21)7-9-19(20)26-15-16-5-3-2-4-6-16/h2-11,14H,13,15H2,1H3,(H,23,24). The Balaban J connectivity index is 1.63. The van der Waals surface area contributed by atoms with Gasteiger partial charge in [0.1, 0.15) is 18.5 Å². The number of aromatic nitrogens is 1. The van der Waals surface area contributed by atoms with E-state index in [1.807, 2.05) is 48.5 Å². The van der Waals surface area contributed by atoms with Crippen LogP contribution in [0, 0.1) is 11.3 Å². The molecule has 0 saturated carbocycles. The molecule has 0 saturated heterocycles. The number of anilines is 1. The van der Waals surface area contributed by atoms with Crippen molar-refractivity contribution in [3.63, 3.8) is 0 Å². The minimum Gasteiger partial charge on any atom is -0.493 e. The van der Waals surface area contributed by atoms with Crippen LogP contribution in [0.5, 0.6) is 11.5 Å². The summed E-state index contributed by atoms with van der Waals surface area (Å²) in [7, 11) is 1.63. The van der Waals surface area contributed by atoms with Crippen LogP contribution >= 0.6 is 0 Å². The molecule has 0 fully saturated rings. The maximum atomic E-state index is 8.80. The molecule has 0 bridgehead atoms. The summed E-state index contributed by atoms with van der Waals surface area (Å²) in [4.78, 5) is 4.20. The maximum Gasteiger partial charge on any atom is 0.161 e. The van der Waals surface area contributed by atoms with E-state index in [2.05, 4.69) is 16.4 Å². The first-order chi connectivity index (χ1) is 12.8. The van der Waals surface area contributed by atoms with Crippen molar-refractivity contribution < 1.29 is 9.47 Å². The zero-order valence-electron chi connectivity index (χ0n) is 14.5. The van der Waals surface area contributed by atoms with Crippen LogP contribution in [0.3, 0.4) is 0 Å². The van der Waals surface area contributed by atoms with E-state index >= 15 is 0 Å². The second kappa shape index (κ2) is 8.54. The Morgan fingerprint density at radius 1 is 1.00 bits per heavy atom. The van der Waals surface area contributed by atoms with Crippen molar-refractivity contribution in [2.75, 3.05) is 12.4 Å². The van der Waals surface area contributed by atoms with Crippen molar-refractivity contribution in [1.29, 1.82) is 5.26 Å². The summed E-state index contributed by atoms with van der Waals surface area (Å²) >= 11 is 0. The van der Waals surface area contributed by atoms with Gasteiger partial charge in [-0.05, 0) is 35.4 Å². The third-order valence-corrected chi connectivity index (χ3v) is 3.83. The highest BCUT2D eigenvalue weighted by molar-refractivity contribution is 5.45. The SMILES string of the molecule is COc1cc(CNc2ccc(C#N)cn2)ccc1OCc1ccccc1. The Morgan fingerprint density at radius 2 is 1.85 bits per heavy atom. The van der Waals surface area contributed by atoms with Gasteiger partial charge in [-0.3, -0.25) is 0 Å². The van der Waals surface area contributed by atoms with Crippen LogP contribution in [0.1, 0.15) is 16.7 Å². The molecule has 130 valence electrons. The second-order valence-corrected chi connectivity index (χ2v) is 5.66. The molecule has 5 heteroatoms.